The Morgan fingerprint density at radius 3 is 2.50 bits per heavy atom. The summed E-state index contributed by atoms with van der Waals surface area (Å²) < 4.78 is 5.20. The van der Waals surface area contributed by atoms with E-state index < -0.39 is 5.97 Å². The van der Waals surface area contributed by atoms with E-state index in [1.807, 2.05) is 0 Å². The molecule has 0 aliphatic carbocycles. The van der Waals surface area contributed by atoms with Gasteiger partial charge >= 0.3 is 5.97 Å². The van der Waals surface area contributed by atoms with Crippen LogP contribution in [0.15, 0.2) is 16.7 Å². The average Bonchev–Trinajstić information content (AvgIpc) is 2.78. The van der Waals surface area contributed by atoms with Gasteiger partial charge in [0.05, 0.1) is 12.1 Å². The summed E-state index contributed by atoms with van der Waals surface area (Å²) in [7, 11) is 0. The standard InChI is InChI=1S/C12H16N2O4/c1-9(15)14-4-2-13(3-5-14)7-11-6-10(8-18-11)12(16)17/h6,8H,2-5,7H2,1H3,(H,16,17). The first kappa shape index (κ1) is 12.6. The minimum absolute atomic E-state index is 0.0980. The Morgan fingerprint density at radius 2 is 2.00 bits per heavy atom. The van der Waals surface area contributed by atoms with Crippen molar-refractivity contribution < 1.29 is 19.1 Å². The van der Waals surface area contributed by atoms with Crippen molar-refractivity contribution in [1.82, 2.24) is 9.80 Å². The Morgan fingerprint density at radius 1 is 1.33 bits per heavy atom. The highest BCUT2D eigenvalue weighted by atomic mass is 16.4. The van der Waals surface area contributed by atoms with E-state index in [-0.39, 0.29) is 11.5 Å². The summed E-state index contributed by atoms with van der Waals surface area (Å²) in [5, 5.41) is 8.78. The number of carbonyl (C=O) groups excluding carboxylic acids is 1. The molecule has 1 N–H and O–H groups in total. The lowest BCUT2D eigenvalue weighted by molar-refractivity contribution is -0.130. The van der Waals surface area contributed by atoms with E-state index in [4.69, 9.17) is 9.52 Å². The zero-order chi connectivity index (χ0) is 13.1. The number of nitrogens with zero attached hydrogens (tertiary/aromatic N) is 2. The summed E-state index contributed by atoms with van der Waals surface area (Å²) in [6.45, 7) is 5.13. The van der Waals surface area contributed by atoms with Crippen LogP contribution in [0.4, 0.5) is 0 Å². The Balaban J connectivity index is 1.87. The van der Waals surface area contributed by atoms with Crippen molar-refractivity contribution in [2.75, 3.05) is 26.2 Å². The first-order valence-corrected chi connectivity index (χ1v) is 5.85. The second-order valence-electron chi connectivity index (χ2n) is 4.39. The lowest BCUT2D eigenvalue weighted by Gasteiger charge is -2.33. The van der Waals surface area contributed by atoms with Crippen LogP contribution in [0.2, 0.25) is 0 Å². The molecule has 6 nitrogen and oxygen atoms in total. The van der Waals surface area contributed by atoms with Gasteiger partial charge in [-0.2, -0.15) is 0 Å². The number of carboxylic acid groups (broad SMARTS) is 1. The van der Waals surface area contributed by atoms with Gasteiger partial charge in [0, 0.05) is 33.1 Å². The molecule has 1 amide bonds. The number of furan rings is 1. The third-order valence-electron chi connectivity index (χ3n) is 3.10. The third-order valence-corrected chi connectivity index (χ3v) is 3.10. The molecule has 98 valence electrons. The highest BCUT2D eigenvalue weighted by Crippen LogP contribution is 2.12. The van der Waals surface area contributed by atoms with Gasteiger partial charge in [-0.3, -0.25) is 9.69 Å². The highest BCUT2D eigenvalue weighted by molar-refractivity contribution is 5.87. The van der Waals surface area contributed by atoms with E-state index in [0.29, 0.717) is 25.4 Å². The summed E-state index contributed by atoms with van der Waals surface area (Å²) in [4.78, 5) is 25.8. The predicted molar refractivity (Wildman–Crippen MR) is 63.2 cm³/mol. The van der Waals surface area contributed by atoms with Gasteiger partial charge < -0.3 is 14.4 Å². The molecule has 0 unspecified atom stereocenters. The first-order valence-electron chi connectivity index (χ1n) is 5.85. The molecule has 2 heterocycles. The zero-order valence-corrected chi connectivity index (χ0v) is 10.3. The lowest BCUT2D eigenvalue weighted by atomic mass is 10.2. The van der Waals surface area contributed by atoms with Gasteiger partial charge in [-0.1, -0.05) is 0 Å². The molecule has 1 aromatic rings. The summed E-state index contributed by atoms with van der Waals surface area (Å²) in [5.41, 5.74) is 0.173. The Kier molecular flexibility index (Phi) is 3.66. The number of hydrogen-bond donors (Lipinski definition) is 1. The second kappa shape index (κ2) is 5.22. The highest BCUT2D eigenvalue weighted by Gasteiger charge is 2.19. The van der Waals surface area contributed by atoms with Crippen LogP contribution >= 0.6 is 0 Å². The molecule has 1 aliphatic heterocycles. The Bertz CT molecular complexity index is 447. The minimum atomic E-state index is -0.980. The van der Waals surface area contributed by atoms with Gasteiger partial charge in [-0.05, 0) is 6.07 Å². The summed E-state index contributed by atoms with van der Waals surface area (Å²) >= 11 is 0. The minimum Gasteiger partial charge on any atom is -0.478 e. The number of carboxylic acids is 1. The Labute approximate surface area is 105 Å². The van der Waals surface area contributed by atoms with E-state index in [1.165, 1.54) is 6.26 Å². The number of hydrogen-bond acceptors (Lipinski definition) is 4. The summed E-state index contributed by atoms with van der Waals surface area (Å²) in [5.74, 6) is -0.240. The maximum atomic E-state index is 11.2. The number of amides is 1. The van der Waals surface area contributed by atoms with Gasteiger partial charge in [-0.15, -0.1) is 0 Å². The van der Waals surface area contributed by atoms with Crippen LogP contribution in [0.3, 0.4) is 0 Å². The lowest BCUT2D eigenvalue weighted by Crippen LogP contribution is -2.47. The molecule has 2 rings (SSSR count). The Hall–Kier alpha value is -1.82. The van der Waals surface area contributed by atoms with Crippen molar-refractivity contribution in [3.05, 3.63) is 23.7 Å². The van der Waals surface area contributed by atoms with Crippen molar-refractivity contribution >= 4 is 11.9 Å². The number of piperazine rings is 1. The molecule has 1 fully saturated rings. The fourth-order valence-electron chi connectivity index (χ4n) is 2.02. The normalized spacial score (nSPS) is 16.8. The van der Waals surface area contributed by atoms with Gasteiger partial charge in [0.2, 0.25) is 5.91 Å². The van der Waals surface area contributed by atoms with Crippen LogP contribution in [-0.2, 0) is 11.3 Å². The molecule has 1 saturated heterocycles. The van der Waals surface area contributed by atoms with Crippen molar-refractivity contribution in [3.63, 3.8) is 0 Å². The molecule has 0 saturated carbocycles. The van der Waals surface area contributed by atoms with E-state index >= 15 is 0 Å². The fraction of sp³-hybridized carbons (Fsp3) is 0.500. The molecule has 6 heteroatoms. The monoisotopic (exact) mass is 252 g/mol. The third kappa shape index (κ3) is 2.89. The maximum absolute atomic E-state index is 11.2. The maximum Gasteiger partial charge on any atom is 0.338 e. The number of aromatic carboxylic acids is 1. The average molecular weight is 252 g/mol. The van der Waals surface area contributed by atoms with Gasteiger partial charge in [0.25, 0.3) is 0 Å². The molecular formula is C12H16N2O4. The van der Waals surface area contributed by atoms with Gasteiger partial charge in [0.1, 0.15) is 12.0 Å². The molecule has 1 aromatic heterocycles. The van der Waals surface area contributed by atoms with Crippen LogP contribution in [0, 0.1) is 0 Å². The fourth-order valence-corrected chi connectivity index (χ4v) is 2.02. The smallest absolute Gasteiger partial charge is 0.338 e. The molecule has 0 atom stereocenters. The molecule has 0 bridgehead atoms. The largest absolute Gasteiger partial charge is 0.478 e. The van der Waals surface area contributed by atoms with Crippen molar-refractivity contribution in [2.45, 2.75) is 13.5 Å². The van der Waals surface area contributed by atoms with E-state index in [2.05, 4.69) is 4.90 Å². The van der Waals surface area contributed by atoms with Crippen LogP contribution in [0.25, 0.3) is 0 Å². The van der Waals surface area contributed by atoms with E-state index in [1.54, 1.807) is 17.9 Å². The van der Waals surface area contributed by atoms with Crippen LogP contribution in [0.5, 0.6) is 0 Å². The quantitative estimate of drug-likeness (QED) is 0.854. The molecule has 0 radical (unpaired) electrons. The topological polar surface area (TPSA) is 74.0 Å². The SMILES string of the molecule is CC(=O)N1CCN(Cc2cc(C(=O)O)co2)CC1. The molecule has 0 spiro atoms. The van der Waals surface area contributed by atoms with Crippen LogP contribution in [0.1, 0.15) is 23.0 Å². The summed E-state index contributed by atoms with van der Waals surface area (Å²) in [6.07, 6.45) is 1.25. The molecular weight excluding hydrogens is 236 g/mol. The van der Waals surface area contributed by atoms with Gasteiger partial charge in [0.15, 0.2) is 0 Å². The van der Waals surface area contributed by atoms with Gasteiger partial charge in [-0.25, -0.2) is 4.79 Å². The first-order chi connectivity index (χ1) is 8.56. The second-order valence-corrected chi connectivity index (χ2v) is 4.39. The number of carbonyl (C=O) groups is 2. The van der Waals surface area contributed by atoms with Crippen molar-refractivity contribution in [1.29, 1.82) is 0 Å². The van der Waals surface area contributed by atoms with Crippen LogP contribution < -0.4 is 0 Å². The van der Waals surface area contributed by atoms with E-state index in [0.717, 1.165) is 13.1 Å². The zero-order valence-electron chi connectivity index (χ0n) is 10.3. The molecule has 18 heavy (non-hydrogen) atoms. The number of rotatable bonds is 3. The summed E-state index contributed by atoms with van der Waals surface area (Å²) in [6, 6.07) is 1.54. The molecule has 0 aromatic carbocycles. The molecule has 1 aliphatic rings. The predicted octanol–water partition coefficient (Wildman–Crippen LogP) is 0.642. The van der Waals surface area contributed by atoms with Crippen molar-refractivity contribution in [2.24, 2.45) is 0 Å². The van der Waals surface area contributed by atoms with Crippen LogP contribution in [-0.4, -0.2) is 53.0 Å². The van der Waals surface area contributed by atoms with E-state index in [9.17, 15) is 9.59 Å². The van der Waals surface area contributed by atoms with Crippen molar-refractivity contribution in [3.8, 4) is 0 Å².